The van der Waals surface area contributed by atoms with Gasteiger partial charge in [-0.05, 0) is 36.0 Å². The quantitative estimate of drug-likeness (QED) is 0.894. The first-order chi connectivity index (χ1) is 8.63. The predicted molar refractivity (Wildman–Crippen MR) is 74.4 cm³/mol. The van der Waals surface area contributed by atoms with E-state index in [9.17, 15) is 0 Å². The van der Waals surface area contributed by atoms with Crippen LogP contribution in [0.15, 0.2) is 18.2 Å². The molecule has 3 heteroatoms. The summed E-state index contributed by atoms with van der Waals surface area (Å²) in [5, 5.41) is 13.0. The number of hydrogen-bond acceptors (Lipinski definition) is 2. The summed E-state index contributed by atoms with van der Waals surface area (Å²) in [4.78, 5) is 0. The van der Waals surface area contributed by atoms with E-state index >= 15 is 0 Å². The Morgan fingerprint density at radius 1 is 1.39 bits per heavy atom. The van der Waals surface area contributed by atoms with Crippen LogP contribution in [-0.2, 0) is 6.54 Å². The minimum atomic E-state index is 0.457. The molecule has 18 heavy (non-hydrogen) atoms. The molecule has 0 amide bonds. The number of nitriles is 1. The summed E-state index contributed by atoms with van der Waals surface area (Å²) in [6.07, 6.45) is 5.35. The zero-order valence-corrected chi connectivity index (χ0v) is 11.6. The van der Waals surface area contributed by atoms with Crippen LogP contribution in [0.25, 0.3) is 0 Å². The standard InChI is InChI=1S/C15H19ClN2/c1-15(6-2-3-7-15)11-18-10-13-5-4-12(9-17)8-14(13)16/h4-5,8,18H,2-3,6-7,10-11H2,1H3. The molecular weight excluding hydrogens is 244 g/mol. The van der Waals surface area contributed by atoms with E-state index < -0.39 is 0 Å². The van der Waals surface area contributed by atoms with E-state index in [4.69, 9.17) is 16.9 Å². The van der Waals surface area contributed by atoms with Crippen LogP contribution >= 0.6 is 11.6 Å². The molecule has 0 radical (unpaired) electrons. The van der Waals surface area contributed by atoms with Crippen LogP contribution in [0.2, 0.25) is 5.02 Å². The first-order valence-corrected chi connectivity index (χ1v) is 6.90. The van der Waals surface area contributed by atoms with Crippen LogP contribution < -0.4 is 5.32 Å². The molecule has 2 nitrogen and oxygen atoms in total. The second-order valence-electron chi connectivity index (χ2n) is 5.54. The molecule has 1 aliphatic carbocycles. The van der Waals surface area contributed by atoms with Gasteiger partial charge in [-0.2, -0.15) is 5.26 Å². The van der Waals surface area contributed by atoms with E-state index in [0.29, 0.717) is 16.0 Å². The number of benzene rings is 1. The van der Waals surface area contributed by atoms with Crippen molar-refractivity contribution in [3.05, 3.63) is 34.3 Å². The van der Waals surface area contributed by atoms with Gasteiger partial charge in [0.2, 0.25) is 0 Å². The highest BCUT2D eigenvalue weighted by Crippen LogP contribution is 2.36. The van der Waals surface area contributed by atoms with Crippen molar-refractivity contribution in [2.24, 2.45) is 5.41 Å². The summed E-state index contributed by atoms with van der Waals surface area (Å²) in [6.45, 7) is 4.18. The summed E-state index contributed by atoms with van der Waals surface area (Å²) in [6, 6.07) is 7.58. The van der Waals surface area contributed by atoms with E-state index in [1.807, 2.05) is 12.1 Å². The van der Waals surface area contributed by atoms with Crippen LogP contribution in [-0.4, -0.2) is 6.54 Å². The Bertz CT molecular complexity index is 456. The largest absolute Gasteiger partial charge is 0.312 e. The Balaban J connectivity index is 1.89. The zero-order valence-electron chi connectivity index (χ0n) is 10.8. The topological polar surface area (TPSA) is 35.8 Å². The monoisotopic (exact) mass is 262 g/mol. The lowest BCUT2D eigenvalue weighted by molar-refractivity contribution is 0.314. The summed E-state index contributed by atoms with van der Waals surface area (Å²) >= 11 is 6.15. The molecule has 1 saturated carbocycles. The molecule has 0 spiro atoms. The maximum Gasteiger partial charge on any atom is 0.0992 e. The molecule has 0 unspecified atom stereocenters. The molecule has 2 rings (SSSR count). The number of rotatable bonds is 4. The SMILES string of the molecule is CC1(CNCc2ccc(C#N)cc2Cl)CCCC1. The highest BCUT2D eigenvalue weighted by atomic mass is 35.5. The summed E-state index contributed by atoms with van der Waals surface area (Å²) in [5.41, 5.74) is 2.14. The molecule has 0 atom stereocenters. The lowest BCUT2D eigenvalue weighted by Crippen LogP contribution is -2.29. The van der Waals surface area contributed by atoms with Gasteiger partial charge in [0.1, 0.15) is 0 Å². The van der Waals surface area contributed by atoms with Crippen LogP contribution in [0.4, 0.5) is 0 Å². The average molecular weight is 263 g/mol. The van der Waals surface area contributed by atoms with E-state index in [1.54, 1.807) is 6.07 Å². The van der Waals surface area contributed by atoms with Gasteiger partial charge in [-0.1, -0.05) is 37.4 Å². The van der Waals surface area contributed by atoms with Crippen molar-refractivity contribution in [3.63, 3.8) is 0 Å². The Morgan fingerprint density at radius 2 is 2.11 bits per heavy atom. The predicted octanol–water partition coefficient (Wildman–Crippen LogP) is 3.88. The lowest BCUT2D eigenvalue weighted by atomic mass is 9.89. The third-order valence-electron chi connectivity index (χ3n) is 3.86. The van der Waals surface area contributed by atoms with Gasteiger partial charge in [0, 0.05) is 18.1 Å². The molecule has 0 saturated heterocycles. The number of nitrogens with zero attached hydrogens (tertiary/aromatic N) is 1. The third-order valence-corrected chi connectivity index (χ3v) is 4.21. The maximum atomic E-state index is 8.78. The maximum absolute atomic E-state index is 8.78. The normalized spacial score (nSPS) is 17.6. The first-order valence-electron chi connectivity index (χ1n) is 6.52. The van der Waals surface area contributed by atoms with E-state index in [-0.39, 0.29) is 0 Å². The van der Waals surface area contributed by atoms with Gasteiger partial charge in [-0.15, -0.1) is 0 Å². The molecule has 1 N–H and O–H groups in total. The van der Waals surface area contributed by atoms with Crippen LogP contribution in [0.1, 0.15) is 43.7 Å². The van der Waals surface area contributed by atoms with E-state index in [1.165, 1.54) is 25.7 Å². The van der Waals surface area contributed by atoms with Crippen molar-refractivity contribution in [2.75, 3.05) is 6.54 Å². The van der Waals surface area contributed by atoms with Gasteiger partial charge >= 0.3 is 0 Å². The molecular formula is C15H19ClN2. The number of hydrogen-bond donors (Lipinski definition) is 1. The molecule has 0 aliphatic heterocycles. The van der Waals surface area contributed by atoms with Crippen molar-refractivity contribution in [1.82, 2.24) is 5.32 Å². The second kappa shape index (κ2) is 5.73. The average Bonchev–Trinajstić information content (AvgIpc) is 2.78. The third kappa shape index (κ3) is 3.25. The Labute approximate surface area is 114 Å². The molecule has 1 fully saturated rings. The van der Waals surface area contributed by atoms with E-state index in [0.717, 1.165) is 18.7 Å². The number of halogens is 1. The fourth-order valence-electron chi connectivity index (χ4n) is 2.66. The summed E-state index contributed by atoms with van der Waals surface area (Å²) in [7, 11) is 0. The van der Waals surface area contributed by atoms with Gasteiger partial charge in [-0.25, -0.2) is 0 Å². The number of nitrogens with one attached hydrogen (secondary N) is 1. The van der Waals surface area contributed by atoms with Crippen molar-refractivity contribution in [2.45, 2.75) is 39.2 Å². The molecule has 0 heterocycles. The molecule has 0 bridgehead atoms. The second-order valence-corrected chi connectivity index (χ2v) is 5.95. The van der Waals surface area contributed by atoms with Gasteiger partial charge in [-0.3, -0.25) is 0 Å². The first kappa shape index (κ1) is 13.4. The van der Waals surface area contributed by atoms with Gasteiger partial charge in [0.25, 0.3) is 0 Å². The molecule has 1 aromatic carbocycles. The van der Waals surface area contributed by atoms with Gasteiger partial charge < -0.3 is 5.32 Å². The Hall–Kier alpha value is -1.04. The van der Waals surface area contributed by atoms with Gasteiger partial charge in [0.05, 0.1) is 11.6 Å². The lowest BCUT2D eigenvalue weighted by Gasteiger charge is -2.24. The molecule has 96 valence electrons. The molecule has 1 aliphatic rings. The Kier molecular flexibility index (Phi) is 4.27. The highest BCUT2D eigenvalue weighted by Gasteiger charge is 2.27. The molecule has 0 aromatic heterocycles. The summed E-state index contributed by atoms with van der Waals surface area (Å²) < 4.78 is 0. The summed E-state index contributed by atoms with van der Waals surface area (Å²) in [5.74, 6) is 0. The minimum absolute atomic E-state index is 0.457. The minimum Gasteiger partial charge on any atom is -0.312 e. The smallest absolute Gasteiger partial charge is 0.0992 e. The Morgan fingerprint density at radius 3 is 2.72 bits per heavy atom. The van der Waals surface area contributed by atoms with Crippen LogP contribution in [0.5, 0.6) is 0 Å². The zero-order chi connectivity index (χ0) is 13.0. The fourth-order valence-corrected chi connectivity index (χ4v) is 2.91. The highest BCUT2D eigenvalue weighted by molar-refractivity contribution is 6.31. The van der Waals surface area contributed by atoms with Crippen LogP contribution in [0, 0.1) is 16.7 Å². The molecule has 1 aromatic rings. The van der Waals surface area contributed by atoms with E-state index in [2.05, 4.69) is 18.3 Å². The van der Waals surface area contributed by atoms with Crippen LogP contribution in [0.3, 0.4) is 0 Å². The van der Waals surface area contributed by atoms with Crippen molar-refractivity contribution in [3.8, 4) is 6.07 Å². The van der Waals surface area contributed by atoms with Crippen molar-refractivity contribution in [1.29, 1.82) is 5.26 Å². The van der Waals surface area contributed by atoms with Crippen molar-refractivity contribution < 1.29 is 0 Å². The van der Waals surface area contributed by atoms with Gasteiger partial charge in [0.15, 0.2) is 0 Å². The van der Waals surface area contributed by atoms with Crippen molar-refractivity contribution >= 4 is 11.6 Å². The fraction of sp³-hybridized carbons (Fsp3) is 0.533.